The molecule has 3 aromatic heterocycles. The van der Waals surface area contributed by atoms with Crippen molar-refractivity contribution in [3.63, 3.8) is 0 Å². The summed E-state index contributed by atoms with van der Waals surface area (Å²) >= 11 is 5.42. The first kappa shape index (κ1) is 22.6. The van der Waals surface area contributed by atoms with E-state index >= 15 is 0 Å². The van der Waals surface area contributed by atoms with Crippen molar-refractivity contribution in [1.82, 2.24) is 39.2 Å². The Hall–Kier alpha value is -3.57. The number of aryl methyl sites for hydroxylation is 1. The van der Waals surface area contributed by atoms with Gasteiger partial charge in [0.15, 0.2) is 10.6 Å². The molecule has 0 saturated carbocycles. The van der Waals surface area contributed by atoms with Crippen LogP contribution in [0, 0.1) is 4.77 Å². The number of benzene rings is 1. The van der Waals surface area contributed by atoms with Crippen molar-refractivity contribution in [3.05, 3.63) is 71.5 Å². The van der Waals surface area contributed by atoms with E-state index in [1.54, 1.807) is 25.0 Å². The number of aromatic nitrogens is 7. The van der Waals surface area contributed by atoms with Gasteiger partial charge in [-0.2, -0.15) is 5.10 Å². The molecule has 0 fully saturated rings. The van der Waals surface area contributed by atoms with Crippen LogP contribution < -0.4 is 0 Å². The number of nitrogens with zero attached hydrogens (tertiary/aromatic N) is 6. The molecule has 0 bridgehead atoms. The second-order valence-corrected chi connectivity index (χ2v) is 8.23. The van der Waals surface area contributed by atoms with Crippen LogP contribution in [-0.4, -0.2) is 56.3 Å². The number of carboxylic acid groups (broad SMARTS) is 1. The monoisotopic (exact) mass is 466 g/mol. The molecule has 0 spiro atoms. The second kappa shape index (κ2) is 10.4. The van der Waals surface area contributed by atoms with Crippen molar-refractivity contribution >= 4 is 18.2 Å². The maximum atomic E-state index is 12.3. The van der Waals surface area contributed by atoms with Crippen LogP contribution in [0.2, 0.25) is 0 Å². The highest BCUT2D eigenvalue weighted by atomic mass is 32.1. The number of carbonyl (C=O) groups is 1. The summed E-state index contributed by atoms with van der Waals surface area (Å²) in [6.07, 6.45) is 7.85. The fraction of sp³-hybridized carbons (Fsp3) is 0.318. The van der Waals surface area contributed by atoms with Gasteiger partial charge in [-0.1, -0.05) is 30.3 Å². The van der Waals surface area contributed by atoms with Crippen molar-refractivity contribution < 1.29 is 9.90 Å². The predicted molar refractivity (Wildman–Crippen MR) is 125 cm³/mol. The first-order chi connectivity index (χ1) is 16.0. The normalized spacial score (nSPS) is 12.3. The SMILES string of the molecule is Cn1cncc1CN(Cc1cnc[nH]1)[C@@H](CCCn1c(-c2ccccc2)n[nH]c1=S)C(=O)O. The number of aromatic amines is 2. The standard InChI is InChI=1S/C22H26N8O2S/c1-28-15-24-11-18(28)13-29(12-17-10-23-14-25-17)19(21(31)32)8-5-9-30-20(26-27-22(30)33)16-6-3-2-4-7-16/h2-4,6-7,10-11,14-15,19H,5,8-9,12-13H2,1H3,(H,23,25)(H,27,33)(H,31,32)/t19-/m0/s1. The van der Waals surface area contributed by atoms with Gasteiger partial charge in [0.25, 0.3) is 0 Å². The molecule has 4 rings (SSSR count). The van der Waals surface area contributed by atoms with Crippen LogP contribution in [0.5, 0.6) is 0 Å². The average molecular weight is 467 g/mol. The minimum Gasteiger partial charge on any atom is -0.480 e. The van der Waals surface area contributed by atoms with E-state index in [2.05, 4.69) is 25.1 Å². The first-order valence-electron chi connectivity index (χ1n) is 10.6. The molecular weight excluding hydrogens is 440 g/mol. The third-order valence-electron chi connectivity index (χ3n) is 5.59. The lowest BCUT2D eigenvalue weighted by Gasteiger charge is -2.28. The van der Waals surface area contributed by atoms with Crippen LogP contribution in [-0.2, 0) is 31.5 Å². The largest absolute Gasteiger partial charge is 0.480 e. The Morgan fingerprint density at radius 1 is 1.21 bits per heavy atom. The minimum atomic E-state index is -0.865. The van der Waals surface area contributed by atoms with E-state index in [0.717, 1.165) is 22.8 Å². The molecule has 11 heteroatoms. The number of imidazole rings is 2. The fourth-order valence-corrected chi connectivity index (χ4v) is 4.07. The predicted octanol–water partition coefficient (Wildman–Crippen LogP) is 3.00. The number of hydrogen-bond donors (Lipinski definition) is 3. The second-order valence-electron chi connectivity index (χ2n) is 7.84. The summed E-state index contributed by atoms with van der Waals surface area (Å²) in [5.41, 5.74) is 2.74. The highest BCUT2D eigenvalue weighted by molar-refractivity contribution is 7.71. The summed E-state index contributed by atoms with van der Waals surface area (Å²) in [5, 5.41) is 17.3. The van der Waals surface area contributed by atoms with E-state index in [9.17, 15) is 9.90 Å². The smallest absolute Gasteiger partial charge is 0.320 e. The Morgan fingerprint density at radius 3 is 2.70 bits per heavy atom. The number of H-pyrrole nitrogens is 2. The molecule has 33 heavy (non-hydrogen) atoms. The molecule has 0 aliphatic rings. The summed E-state index contributed by atoms with van der Waals surface area (Å²) < 4.78 is 4.34. The van der Waals surface area contributed by atoms with Crippen LogP contribution in [0.4, 0.5) is 0 Å². The van der Waals surface area contributed by atoms with Crippen LogP contribution in [0.1, 0.15) is 24.2 Å². The average Bonchev–Trinajstić information content (AvgIpc) is 3.54. The van der Waals surface area contributed by atoms with Gasteiger partial charge in [-0.05, 0) is 25.1 Å². The van der Waals surface area contributed by atoms with Crippen molar-refractivity contribution in [2.75, 3.05) is 0 Å². The van der Waals surface area contributed by atoms with Gasteiger partial charge < -0.3 is 19.2 Å². The molecule has 0 radical (unpaired) electrons. The molecular formula is C22H26N8O2S. The minimum absolute atomic E-state index is 0.433. The number of nitrogens with one attached hydrogen (secondary N) is 2. The zero-order valence-corrected chi connectivity index (χ0v) is 19.1. The number of aliphatic carboxylic acids is 1. The molecule has 172 valence electrons. The van der Waals surface area contributed by atoms with E-state index < -0.39 is 12.0 Å². The molecule has 1 atom stereocenters. The first-order valence-corrected chi connectivity index (χ1v) is 11.0. The summed E-state index contributed by atoms with van der Waals surface area (Å²) in [4.78, 5) is 25.5. The molecule has 0 unspecified atom stereocenters. The molecule has 3 heterocycles. The topological polar surface area (TPSA) is 121 Å². The molecule has 0 aliphatic carbocycles. The van der Waals surface area contributed by atoms with E-state index in [4.69, 9.17) is 12.2 Å². The van der Waals surface area contributed by atoms with Crippen molar-refractivity contribution in [2.45, 2.75) is 38.5 Å². The maximum absolute atomic E-state index is 12.3. The molecule has 1 aromatic carbocycles. The molecule has 3 N–H and O–H groups in total. The molecule has 0 amide bonds. The van der Waals surface area contributed by atoms with Gasteiger partial charge >= 0.3 is 5.97 Å². The van der Waals surface area contributed by atoms with Gasteiger partial charge in [0.1, 0.15) is 6.04 Å². The zero-order valence-electron chi connectivity index (χ0n) is 18.3. The molecule has 4 aromatic rings. The quantitative estimate of drug-likeness (QED) is 0.291. The van der Waals surface area contributed by atoms with Crippen LogP contribution >= 0.6 is 12.2 Å². The lowest BCUT2D eigenvalue weighted by Crippen LogP contribution is -2.41. The van der Waals surface area contributed by atoms with E-state index in [1.807, 2.05) is 51.4 Å². The summed E-state index contributed by atoms with van der Waals surface area (Å²) in [7, 11) is 1.90. The highest BCUT2D eigenvalue weighted by Gasteiger charge is 2.27. The number of rotatable bonds is 11. The number of carboxylic acids is 1. The van der Waals surface area contributed by atoms with Crippen molar-refractivity contribution in [1.29, 1.82) is 0 Å². The van der Waals surface area contributed by atoms with Gasteiger partial charge in [-0.25, -0.2) is 9.97 Å². The van der Waals surface area contributed by atoms with Gasteiger partial charge in [-0.3, -0.25) is 14.8 Å². The fourth-order valence-electron chi connectivity index (χ4n) is 3.85. The molecule has 0 aliphatic heterocycles. The van der Waals surface area contributed by atoms with Gasteiger partial charge in [-0.15, -0.1) is 0 Å². The summed E-state index contributed by atoms with van der Waals surface area (Å²) in [5.74, 6) is -0.118. The molecule has 0 saturated heterocycles. The summed E-state index contributed by atoms with van der Waals surface area (Å²) in [6, 6.07) is 9.10. The maximum Gasteiger partial charge on any atom is 0.320 e. The van der Waals surface area contributed by atoms with Gasteiger partial charge in [0, 0.05) is 50.3 Å². The Bertz CT molecular complexity index is 1230. The Morgan fingerprint density at radius 2 is 2.03 bits per heavy atom. The van der Waals surface area contributed by atoms with Crippen LogP contribution in [0.15, 0.2) is 55.4 Å². The lowest BCUT2D eigenvalue weighted by atomic mass is 10.1. The van der Waals surface area contributed by atoms with Crippen LogP contribution in [0.3, 0.4) is 0 Å². The van der Waals surface area contributed by atoms with Crippen molar-refractivity contribution in [3.8, 4) is 11.4 Å². The lowest BCUT2D eigenvalue weighted by molar-refractivity contribution is -0.144. The van der Waals surface area contributed by atoms with Crippen molar-refractivity contribution in [2.24, 2.45) is 7.05 Å². The third-order valence-corrected chi connectivity index (χ3v) is 5.90. The Balaban J connectivity index is 1.50. The van der Waals surface area contributed by atoms with Gasteiger partial charge in [0.2, 0.25) is 0 Å². The highest BCUT2D eigenvalue weighted by Crippen LogP contribution is 2.20. The van der Waals surface area contributed by atoms with Gasteiger partial charge in [0.05, 0.1) is 18.3 Å². The van der Waals surface area contributed by atoms with E-state index in [1.165, 1.54) is 0 Å². The third kappa shape index (κ3) is 5.44. The summed E-state index contributed by atoms with van der Waals surface area (Å²) in [6.45, 7) is 1.45. The number of hydrogen-bond acceptors (Lipinski definition) is 6. The van der Waals surface area contributed by atoms with E-state index in [0.29, 0.717) is 37.2 Å². The Kier molecular flexibility index (Phi) is 7.10. The van der Waals surface area contributed by atoms with E-state index in [-0.39, 0.29) is 0 Å². The zero-order chi connectivity index (χ0) is 23.2. The Labute approximate surface area is 195 Å². The van der Waals surface area contributed by atoms with Crippen LogP contribution in [0.25, 0.3) is 11.4 Å². The molecule has 10 nitrogen and oxygen atoms in total.